The summed E-state index contributed by atoms with van der Waals surface area (Å²) in [5.74, 6) is -0.667. The van der Waals surface area contributed by atoms with Crippen LogP contribution in [0.3, 0.4) is 0 Å². The van der Waals surface area contributed by atoms with Crippen LogP contribution in [0.1, 0.15) is 53.0 Å². The van der Waals surface area contributed by atoms with Crippen molar-refractivity contribution in [2.45, 2.75) is 26.7 Å². The molecule has 1 atom stereocenters. The molecule has 0 aromatic heterocycles. The number of phosphoric acid groups is 2. The van der Waals surface area contributed by atoms with Crippen molar-refractivity contribution in [1.82, 2.24) is 0 Å². The van der Waals surface area contributed by atoms with Gasteiger partial charge >= 0.3 is 15.6 Å². The monoisotopic (exact) mass is 535 g/mol. The zero-order valence-electron chi connectivity index (χ0n) is 19.7. The third-order valence-electron chi connectivity index (χ3n) is 4.68. The summed E-state index contributed by atoms with van der Waals surface area (Å²) >= 11 is 0. The largest absolute Gasteiger partial charge is 0.481 e. The highest BCUT2D eigenvalue weighted by molar-refractivity contribution is 7.60. The van der Waals surface area contributed by atoms with Crippen molar-refractivity contribution in [3.63, 3.8) is 0 Å². The van der Waals surface area contributed by atoms with Crippen LogP contribution in [-0.2, 0) is 18.0 Å². The topological polar surface area (TPSA) is 160 Å². The number of hydrogen-bond acceptors (Lipinski definition) is 6. The Kier molecular flexibility index (Phi) is 11.0. The van der Waals surface area contributed by atoms with Gasteiger partial charge in [0.05, 0.1) is 6.61 Å². The van der Waals surface area contributed by atoms with Crippen molar-refractivity contribution < 1.29 is 42.2 Å². The normalized spacial score (nSPS) is 14.6. The van der Waals surface area contributed by atoms with E-state index in [0.29, 0.717) is 29.5 Å². The molecular formula is C24H27NO9P2. The van der Waals surface area contributed by atoms with E-state index in [1.54, 1.807) is 56.3 Å². The second-order valence-electron chi connectivity index (χ2n) is 7.71. The second-order valence-corrected chi connectivity index (χ2v) is 10.5. The fourth-order valence-electron chi connectivity index (χ4n) is 2.90. The van der Waals surface area contributed by atoms with E-state index in [0.717, 1.165) is 11.1 Å². The number of amides is 1. The number of phosphoric ester groups is 1. The van der Waals surface area contributed by atoms with Gasteiger partial charge in [0.1, 0.15) is 0 Å². The number of nitrogens with zero attached hydrogens (tertiary/aromatic N) is 1. The Morgan fingerprint density at radius 3 is 2.22 bits per heavy atom. The van der Waals surface area contributed by atoms with E-state index in [-0.39, 0.29) is 12.4 Å². The number of carbonyl (C=O) groups excluding carboxylic acids is 2. The number of ketones is 1. The molecule has 0 saturated heterocycles. The van der Waals surface area contributed by atoms with E-state index >= 15 is 0 Å². The van der Waals surface area contributed by atoms with Gasteiger partial charge in [-0.1, -0.05) is 60.2 Å². The molecule has 0 aliphatic carbocycles. The summed E-state index contributed by atoms with van der Waals surface area (Å²) in [5.41, 5.74) is 2.75. The molecule has 0 heterocycles. The molecular weight excluding hydrogens is 508 g/mol. The van der Waals surface area contributed by atoms with E-state index in [9.17, 15) is 23.6 Å². The van der Waals surface area contributed by atoms with Crippen LogP contribution in [0.5, 0.6) is 0 Å². The predicted octanol–water partition coefficient (Wildman–Crippen LogP) is 5.03. The number of carbonyl (C=O) groups is 2. The quantitative estimate of drug-likeness (QED) is 0.147. The van der Waals surface area contributed by atoms with Crippen LogP contribution in [0.25, 0.3) is 0 Å². The first-order chi connectivity index (χ1) is 16.9. The number of allylic oxidation sites excluding steroid dienone is 3. The molecule has 0 radical (unpaired) electrons. The van der Waals surface area contributed by atoms with Gasteiger partial charge in [0.15, 0.2) is 5.78 Å². The first kappa shape index (κ1) is 29.4. The Labute approximate surface area is 208 Å². The van der Waals surface area contributed by atoms with E-state index in [1.807, 2.05) is 12.1 Å². The Bertz CT molecular complexity index is 1260. The molecule has 0 aliphatic heterocycles. The van der Waals surface area contributed by atoms with Gasteiger partial charge in [-0.15, -0.1) is 0 Å². The average molecular weight is 535 g/mol. The Morgan fingerprint density at radius 1 is 0.917 bits per heavy atom. The van der Waals surface area contributed by atoms with Crippen LogP contribution in [0, 0.1) is 0 Å². The van der Waals surface area contributed by atoms with Gasteiger partial charge < -0.3 is 14.7 Å². The Balaban J connectivity index is 1.88. The smallest absolute Gasteiger partial charge is 0.302 e. The van der Waals surface area contributed by atoms with Gasteiger partial charge in [0.25, 0.3) is 5.91 Å². The van der Waals surface area contributed by atoms with Crippen LogP contribution >= 0.6 is 15.6 Å². The van der Waals surface area contributed by atoms with E-state index < -0.39 is 21.6 Å². The summed E-state index contributed by atoms with van der Waals surface area (Å²) < 4.78 is 30.2. The molecule has 0 bridgehead atoms. The molecule has 10 nitrogen and oxygen atoms in total. The molecule has 1 unspecified atom stereocenters. The Hall–Kier alpha value is -2.81. The lowest BCUT2D eigenvalue weighted by Gasteiger charge is -2.11. The Morgan fingerprint density at radius 2 is 1.56 bits per heavy atom. The van der Waals surface area contributed by atoms with Crippen molar-refractivity contribution in [3.8, 4) is 0 Å². The average Bonchev–Trinajstić information content (AvgIpc) is 2.81. The standard InChI is InChI=1S/C24H27NO9P2/c1-18(14-15-33-36(31,32)34-35(28,29)30)8-6-9-19(2)17-25-24(27)22-13-7-12-21(16-22)23(26)20-10-4-3-5-11-20/h3-5,7,9-14,16-17H,6,8,15H2,1-2H3,(H,31,32)(H2,28,29,30)/b18-14+,19-9+,25-17?. The van der Waals surface area contributed by atoms with Gasteiger partial charge in [-0.3, -0.25) is 14.1 Å². The van der Waals surface area contributed by atoms with Crippen LogP contribution in [0.15, 0.2) is 82.9 Å². The lowest BCUT2D eigenvalue weighted by atomic mass is 10.0. The second kappa shape index (κ2) is 13.5. The predicted molar refractivity (Wildman–Crippen MR) is 135 cm³/mol. The minimum atomic E-state index is -5.15. The molecule has 0 aliphatic rings. The third-order valence-corrected chi connectivity index (χ3v) is 6.83. The van der Waals surface area contributed by atoms with E-state index in [4.69, 9.17) is 9.79 Å². The highest BCUT2D eigenvalue weighted by atomic mass is 31.3. The molecule has 2 aromatic rings. The first-order valence-corrected chi connectivity index (χ1v) is 13.7. The molecule has 3 N–H and O–H groups in total. The number of benzene rings is 2. The van der Waals surface area contributed by atoms with Gasteiger partial charge in [0, 0.05) is 22.9 Å². The highest BCUT2D eigenvalue weighted by Crippen LogP contribution is 2.57. The molecule has 2 aromatic carbocycles. The minimum Gasteiger partial charge on any atom is -0.302 e. The highest BCUT2D eigenvalue weighted by Gasteiger charge is 2.31. The summed E-state index contributed by atoms with van der Waals surface area (Å²) in [6, 6.07) is 15.2. The van der Waals surface area contributed by atoms with Crippen LogP contribution < -0.4 is 0 Å². The SMILES string of the molecule is C/C(C=NC(=O)c1cccc(C(=O)c2ccccc2)c1)=C\CC/C(C)=C/COP(=O)(O)OP(=O)(O)O. The first-order valence-electron chi connectivity index (χ1n) is 10.7. The number of aliphatic imine (C=N–C) groups is 1. The maximum atomic E-state index is 12.6. The lowest BCUT2D eigenvalue weighted by Crippen LogP contribution is -2.03. The zero-order chi connectivity index (χ0) is 26.8. The van der Waals surface area contributed by atoms with Gasteiger partial charge in [0.2, 0.25) is 0 Å². The van der Waals surface area contributed by atoms with Crippen LogP contribution in [0.4, 0.5) is 0 Å². The molecule has 36 heavy (non-hydrogen) atoms. The van der Waals surface area contributed by atoms with Crippen LogP contribution in [0.2, 0.25) is 0 Å². The van der Waals surface area contributed by atoms with Crippen molar-refractivity contribution in [1.29, 1.82) is 0 Å². The van der Waals surface area contributed by atoms with Crippen molar-refractivity contribution >= 4 is 33.6 Å². The fourth-order valence-corrected chi connectivity index (χ4v) is 4.43. The van der Waals surface area contributed by atoms with Gasteiger partial charge in [-0.25, -0.2) is 14.1 Å². The van der Waals surface area contributed by atoms with Crippen molar-refractivity contribution in [3.05, 3.63) is 94.6 Å². The molecule has 2 rings (SSSR count). The zero-order valence-corrected chi connectivity index (χ0v) is 21.5. The fraction of sp³-hybridized carbons (Fsp3) is 0.208. The number of hydrogen-bond donors (Lipinski definition) is 3. The van der Waals surface area contributed by atoms with Gasteiger partial charge in [-0.2, -0.15) is 4.31 Å². The van der Waals surface area contributed by atoms with Crippen LogP contribution in [-0.4, -0.2) is 39.2 Å². The molecule has 0 spiro atoms. The van der Waals surface area contributed by atoms with Crippen molar-refractivity contribution in [2.75, 3.05) is 6.61 Å². The molecule has 0 fully saturated rings. The molecule has 0 saturated carbocycles. The summed E-state index contributed by atoms with van der Waals surface area (Å²) in [7, 11) is -10.0. The lowest BCUT2D eigenvalue weighted by molar-refractivity contribution is 0.100. The summed E-state index contributed by atoms with van der Waals surface area (Å²) in [6.07, 6.45) is 5.89. The number of rotatable bonds is 12. The third kappa shape index (κ3) is 10.8. The van der Waals surface area contributed by atoms with Crippen molar-refractivity contribution in [2.24, 2.45) is 4.99 Å². The summed E-state index contributed by atoms with van der Waals surface area (Å²) in [4.78, 5) is 55.4. The molecule has 12 heteroatoms. The van der Waals surface area contributed by atoms with E-state index in [1.165, 1.54) is 18.4 Å². The maximum absolute atomic E-state index is 12.6. The summed E-state index contributed by atoms with van der Waals surface area (Å²) in [6.45, 7) is 3.15. The maximum Gasteiger partial charge on any atom is 0.481 e. The van der Waals surface area contributed by atoms with Gasteiger partial charge in [-0.05, 0) is 44.4 Å². The molecule has 1 amide bonds. The minimum absolute atomic E-state index is 0.185. The van der Waals surface area contributed by atoms with E-state index in [2.05, 4.69) is 13.8 Å². The molecule has 192 valence electrons. The summed E-state index contributed by atoms with van der Waals surface area (Å²) in [5, 5.41) is 0.